The highest BCUT2D eigenvalue weighted by Crippen LogP contribution is 2.71. The van der Waals surface area contributed by atoms with Crippen molar-refractivity contribution in [1.29, 1.82) is 0 Å². The van der Waals surface area contributed by atoms with Crippen LogP contribution in [0.4, 0.5) is 13.6 Å². The van der Waals surface area contributed by atoms with Gasteiger partial charge in [0.05, 0.1) is 6.10 Å². The molecule has 0 aromatic carbocycles. The van der Waals surface area contributed by atoms with Crippen molar-refractivity contribution in [3.8, 4) is 0 Å². The number of aliphatic hydroxyl groups excluding tert-OH is 1. The van der Waals surface area contributed by atoms with Gasteiger partial charge < -0.3 is 19.7 Å². The zero-order chi connectivity index (χ0) is 27.7. The van der Waals surface area contributed by atoms with Crippen LogP contribution in [0, 0.1) is 28.6 Å². The van der Waals surface area contributed by atoms with E-state index < -0.39 is 70.0 Å². The monoisotopic (exact) mass is 536 g/mol. The predicted octanol–water partition coefficient (Wildman–Crippen LogP) is 5.25. The quantitative estimate of drug-likeness (QED) is 0.374. The second-order valence-corrected chi connectivity index (χ2v) is 12.6. The molecule has 210 valence electrons. The van der Waals surface area contributed by atoms with Crippen LogP contribution in [0.3, 0.4) is 0 Å². The van der Waals surface area contributed by atoms with Crippen LogP contribution in [0.25, 0.3) is 0 Å². The SMILES string of the molecule is C[C@@H]1C[C@H]2[C@@H]3C[C@H](F)C4=CC(=O)C=C[C@]4(C)C3(F)[C@@H](O)C[C@]2(C)[C@]1(OC(=O)OC1CCCCCC1)C(=O)O. The number of carbonyl (C=O) groups is 3. The Labute approximate surface area is 221 Å². The molecule has 7 nitrogen and oxygen atoms in total. The van der Waals surface area contributed by atoms with Crippen molar-refractivity contribution in [2.75, 3.05) is 0 Å². The van der Waals surface area contributed by atoms with Crippen molar-refractivity contribution >= 4 is 17.9 Å². The number of fused-ring (bicyclic) bond motifs is 5. The van der Waals surface area contributed by atoms with Gasteiger partial charge in [0.1, 0.15) is 12.3 Å². The summed E-state index contributed by atoms with van der Waals surface area (Å²) in [5.41, 5.74) is -7.36. The number of aliphatic hydroxyl groups is 1. The largest absolute Gasteiger partial charge is 0.509 e. The van der Waals surface area contributed by atoms with E-state index in [1.807, 2.05) is 0 Å². The van der Waals surface area contributed by atoms with E-state index in [4.69, 9.17) is 9.47 Å². The van der Waals surface area contributed by atoms with Crippen LogP contribution >= 0.6 is 0 Å². The molecule has 2 N–H and O–H groups in total. The molecular formula is C29H38F2O7. The van der Waals surface area contributed by atoms with Crippen molar-refractivity contribution in [2.45, 2.75) is 108 Å². The van der Waals surface area contributed by atoms with E-state index in [1.54, 1.807) is 13.8 Å². The van der Waals surface area contributed by atoms with Gasteiger partial charge in [0, 0.05) is 22.7 Å². The lowest BCUT2D eigenvalue weighted by Gasteiger charge is -2.62. The van der Waals surface area contributed by atoms with Gasteiger partial charge in [-0.3, -0.25) is 4.79 Å². The van der Waals surface area contributed by atoms with Gasteiger partial charge in [-0.05, 0) is 75.5 Å². The summed E-state index contributed by atoms with van der Waals surface area (Å²) in [6, 6.07) is 0. The Morgan fingerprint density at radius 3 is 2.37 bits per heavy atom. The molecule has 9 atom stereocenters. The molecule has 5 aliphatic carbocycles. The average molecular weight is 537 g/mol. The third-order valence-corrected chi connectivity index (χ3v) is 10.8. The number of hydrogen-bond acceptors (Lipinski definition) is 6. The number of allylic oxidation sites excluding steroid dienone is 4. The zero-order valence-corrected chi connectivity index (χ0v) is 22.3. The van der Waals surface area contributed by atoms with Gasteiger partial charge in [-0.25, -0.2) is 18.4 Å². The van der Waals surface area contributed by atoms with E-state index in [0.29, 0.717) is 12.8 Å². The standard InChI is InChI=1S/C29H38F2O7/c1-16-12-19-20-14-22(30)21-13-17(32)10-11-26(21,2)28(20,31)23(33)15-27(19,3)29(16,24(34)35)38-25(36)37-18-8-6-4-5-7-9-18/h10-11,13,16,18-20,22-23,33H,4-9,12,14-15H2,1-3H3,(H,34,35)/t16-,19+,20+,22+,23+,26+,27+,28?,29-/m1/s1. The van der Waals surface area contributed by atoms with Gasteiger partial charge in [-0.15, -0.1) is 0 Å². The van der Waals surface area contributed by atoms with Crippen LogP contribution in [-0.2, 0) is 19.1 Å². The number of ether oxygens (including phenoxy) is 2. The maximum atomic E-state index is 17.3. The summed E-state index contributed by atoms with van der Waals surface area (Å²) in [6.45, 7) is 4.75. The van der Waals surface area contributed by atoms with E-state index in [1.165, 1.54) is 19.1 Å². The van der Waals surface area contributed by atoms with Crippen molar-refractivity contribution in [2.24, 2.45) is 28.6 Å². The maximum absolute atomic E-state index is 17.3. The lowest BCUT2D eigenvalue weighted by atomic mass is 9.44. The van der Waals surface area contributed by atoms with Gasteiger partial charge in [-0.1, -0.05) is 32.8 Å². The van der Waals surface area contributed by atoms with Crippen LogP contribution in [0.2, 0.25) is 0 Å². The fraction of sp³-hybridized carbons (Fsp3) is 0.759. The number of halogens is 2. The van der Waals surface area contributed by atoms with Gasteiger partial charge in [0.2, 0.25) is 5.60 Å². The highest BCUT2D eigenvalue weighted by atomic mass is 19.1. The molecule has 0 aromatic rings. The summed E-state index contributed by atoms with van der Waals surface area (Å²) in [5, 5.41) is 22.0. The fourth-order valence-electron chi connectivity index (χ4n) is 8.89. The second-order valence-electron chi connectivity index (χ2n) is 12.6. The first-order chi connectivity index (χ1) is 17.8. The molecule has 0 aromatic heterocycles. The van der Waals surface area contributed by atoms with E-state index in [-0.39, 0.29) is 30.9 Å². The van der Waals surface area contributed by atoms with Crippen molar-refractivity contribution in [1.82, 2.24) is 0 Å². The Kier molecular flexibility index (Phi) is 6.56. The predicted molar refractivity (Wildman–Crippen MR) is 133 cm³/mol. The minimum Gasteiger partial charge on any atom is -0.478 e. The molecule has 0 saturated heterocycles. The number of alkyl halides is 2. The number of ketones is 1. The number of rotatable bonds is 3. The van der Waals surface area contributed by atoms with E-state index in [2.05, 4.69) is 0 Å². The molecule has 0 heterocycles. The first-order valence-electron chi connectivity index (χ1n) is 13.9. The molecule has 0 aliphatic heterocycles. The van der Waals surface area contributed by atoms with Gasteiger partial charge in [-0.2, -0.15) is 0 Å². The molecular weight excluding hydrogens is 498 g/mol. The Morgan fingerprint density at radius 2 is 1.74 bits per heavy atom. The number of hydrogen-bond donors (Lipinski definition) is 2. The Morgan fingerprint density at radius 1 is 1.08 bits per heavy atom. The first kappa shape index (κ1) is 27.3. The summed E-state index contributed by atoms with van der Waals surface area (Å²) >= 11 is 0. The number of carboxylic acids is 1. The summed E-state index contributed by atoms with van der Waals surface area (Å²) in [4.78, 5) is 38.0. The molecule has 5 aliphatic rings. The molecule has 1 unspecified atom stereocenters. The van der Waals surface area contributed by atoms with E-state index in [0.717, 1.165) is 31.8 Å². The molecule has 0 radical (unpaired) electrons. The lowest BCUT2D eigenvalue weighted by Crippen LogP contribution is -2.71. The second kappa shape index (κ2) is 9.14. The Bertz CT molecular complexity index is 1080. The molecule has 38 heavy (non-hydrogen) atoms. The van der Waals surface area contributed by atoms with Crippen LogP contribution in [0.15, 0.2) is 23.8 Å². The van der Waals surface area contributed by atoms with E-state index >= 15 is 8.78 Å². The minimum absolute atomic E-state index is 0.00479. The van der Waals surface area contributed by atoms with Crippen LogP contribution in [-0.4, -0.2) is 57.8 Å². The smallest absolute Gasteiger partial charge is 0.478 e. The number of aliphatic carboxylic acids is 1. The Balaban J connectivity index is 1.51. The normalized spacial score (nSPS) is 46.7. The van der Waals surface area contributed by atoms with Crippen LogP contribution < -0.4 is 0 Å². The fourth-order valence-corrected chi connectivity index (χ4v) is 8.89. The molecule has 9 heteroatoms. The summed E-state index contributed by atoms with van der Waals surface area (Å²) < 4.78 is 44.3. The summed E-state index contributed by atoms with van der Waals surface area (Å²) in [6.07, 6.45) is 3.75. The topological polar surface area (TPSA) is 110 Å². The van der Waals surface area contributed by atoms with Crippen molar-refractivity contribution in [3.05, 3.63) is 23.8 Å². The van der Waals surface area contributed by atoms with Crippen molar-refractivity contribution < 1.29 is 42.9 Å². The minimum atomic E-state index is -2.34. The van der Waals surface area contributed by atoms with Gasteiger partial charge in [0.25, 0.3) is 0 Å². The molecule has 0 bridgehead atoms. The molecule has 0 amide bonds. The third kappa shape index (κ3) is 3.56. The highest BCUT2D eigenvalue weighted by Gasteiger charge is 2.78. The average Bonchev–Trinajstić information content (AvgIpc) is 3.00. The molecule has 0 spiro atoms. The van der Waals surface area contributed by atoms with Gasteiger partial charge in [0.15, 0.2) is 11.5 Å². The highest BCUT2D eigenvalue weighted by molar-refractivity contribution is 6.01. The first-order valence-corrected chi connectivity index (χ1v) is 13.9. The molecule has 4 fully saturated rings. The summed E-state index contributed by atoms with van der Waals surface area (Å²) in [7, 11) is 0. The maximum Gasteiger partial charge on any atom is 0.509 e. The number of carbonyl (C=O) groups excluding carboxylic acids is 2. The zero-order valence-electron chi connectivity index (χ0n) is 22.3. The third-order valence-electron chi connectivity index (χ3n) is 10.8. The number of carboxylic acid groups (broad SMARTS) is 1. The van der Waals surface area contributed by atoms with Crippen LogP contribution in [0.1, 0.15) is 78.6 Å². The van der Waals surface area contributed by atoms with Gasteiger partial charge >= 0.3 is 12.1 Å². The van der Waals surface area contributed by atoms with E-state index in [9.17, 15) is 24.6 Å². The Hall–Kier alpha value is -2.29. The lowest BCUT2D eigenvalue weighted by molar-refractivity contribution is -0.232. The van der Waals surface area contributed by atoms with Crippen LogP contribution in [0.5, 0.6) is 0 Å². The molecule has 4 saturated carbocycles. The van der Waals surface area contributed by atoms with Crippen molar-refractivity contribution in [3.63, 3.8) is 0 Å². The molecule has 5 rings (SSSR count). The summed E-state index contributed by atoms with van der Waals surface area (Å²) in [5.74, 6) is -4.31.